The Bertz CT molecular complexity index is 566. The van der Waals surface area contributed by atoms with E-state index in [0.717, 1.165) is 17.9 Å². The van der Waals surface area contributed by atoms with Crippen LogP contribution in [0.15, 0.2) is 18.2 Å². The van der Waals surface area contributed by atoms with Gasteiger partial charge in [-0.15, -0.1) is 0 Å². The zero-order chi connectivity index (χ0) is 15.6. The SMILES string of the molecule is COc1ccc([C@]2(C#N)CC[C@H](O)CC2)cc1OCC1CC1. The van der Waals surface area contributed by atoms with Crippen molar-refractivity contribution in [2.24, 2.45) is 5.92 Å². The lowest BCUT2D eigenvalue weighted by molar-refractivity contribution is 0.109. The van der Waals surface area contributed by atoms with Crippen LogP contribution < -0.4 is 9.47 Å². The highest BCUT2D eigenvalue weighted by molar-refractivity contribution is 5.47. The number of aliphatic hydroxyl groups is 1. The number of rotatable bonds is 5. The van der Waals surface area contributed by atoms with Crippen molar-refractivity contribution in [2.45, 2.75) is 50.0 Å². The number of hydrogen-bond donors (Lipinski definition) is 1. The second kappa shape index (κ2) is 6.18. The van der Waals surface area contributed by atoms with Crippen molar-refractivity contribution in [3.05, 3.63) is 23.8 Å². The Labute approximate surface area is 131 Å². The fraction of sp³-hybridized carbons (Fsp3) is 0.611. The average molecular weight is 301 g/mol. The Kier molecular flexibility index (Phi) is 4.26. The monoisotopic (exact) mass is 301 g/mol. The van der Waals surface area contributed by atoms with E-state index in [4.69, 9.17) is 9.47 Å². The van der Waals surface area contributed by atoms with Crippen LogP contribution in [0.1, 0.15) is 44.1 Å². The standard InChI is InChI=1S/C18H23NO3/c1-21-16-5-4-14(10-17(16)22-11-13-2-3-13)18(12-19)8-6-15(20)7-9-18/h4-5,10,13,15,20H,2-3,6-9,11H2,1H3/t15-,18+. The molecule has 2 aliphatic rings. The summed E-state index contributed by atoms with van der Waals surface area (Å²) in [6, 6.07) is 8.30. The molecule has 22 heavy (non-hydrogen) atoms. The van der Waals surface area contributed by atoms with Crippen molar-refractivity contribution < 1.29 is 14.6 Å². The predicted molar refractivity (Wildman–Crippen MR) is 83.0 cm³/mol. The number of ether oxygens (including phenoxy) is 2. The Morgan fingerprint density at radius 1 is 1.23 bits per heavy atom. The molecule has 0 atom stereocenters. The van der Waals surface area contributed by atoms with Crippen LogP contribution in [0.3, 0.4) is 0 Å². The van der Waals surface area contributed by atoms with Crippen molar-refractivity contribution in [1.82, 2.24) is 0 Å². The molecule has 4 nitrogen and oxygen atoms in total. The van der Waals surface area contributed by atoms with Crippen LogP contribution in [0.4, 0.5) is 0 Å². The van der Waals surface area contributed by atoms with Gasteiger partial charge in [0.1, 0.15) is 0 Å². The smallest absolute Gasteiger partial charge is 0.161 e. The van der Waals surface area contributed by atoms with Crippen LogP contribution in [-0.4, -0.2) is 24.9 Å². The molecule has 0 spiro atoms. The third kappa shape index (κ3) is 3.05. The second-order valence-electron chi connectivity index (χ2n) is 6.55. The molecule has 0 amide bonds. The molecule has 1 aromatic carbocycles. The van der Waals surface area contributed by atoms with Gasteiger partial charge in [-0.25, -0.2) is 0 Å². The van der Waals surface area contributed by atoms with Gasteiger partial charge in [-0.3, -0.25) is 0 Å². The summed E-state index contributed by atoms with van der Waals surface area (Å²) < 4.78 is 11.3. The fourth-order valence-corrected chi connectivity index (χ4v) is 3.14. The van der Waals surface area contributed by atoms with Crippen molar-refractivity contribution in [1.29, 1.82) is 5.26 Å². The molecule has 0 bridgehead atoms. The Morgan fingerprint density at radius 2 is 1.95 bits per heavy atom. The molecule has 0 aliphatic heterocycles. The first-order valence-electron chi connectivity index (χ1n) is 8.07. The Hall–Kier alpha value is -1.73. The molecule has 0 saturated heterocycles. The molecule has 0 unspecified atom stereocenters. The van der Waals surface area contributed by atoms with Crippen molar-refractivity contribution in [3.8, 4) is 17.6 Å². The lowest BCUT2D eigenvalue weighted by Crippen LogP contribution is -2.32. The zero-order valence-electron chi connectivity index (χ0n) is 13.0. The number of methoxy groups -OCH3 is 1. The third-order valence-electron chi connectivity index (χ3n) is 4.91. The number of hydrogen-bond acceptors (Lipinski definition) is 4. The van der Waals surface area contributed by atoms with Crippen LogP contribution in [0.2, 0.25) is 0 Å². The maximum absolute atomic E-state index is 9.72. The Morgan fingerprint density at radius 3 is 2.55 bits per heavy atom. The molecule has 2 saturated carbocycles. The molecule has 1 N–H and O–H groups in total. The summed E-state index contributed by atoms with van der Waals surface area (Å²) in [6.45, 7) is 0.720. The molecule has 3 rings (SSSR count). The number of nitriles is 1. The molecule has 4 heteroatoms. The molecule has 0 radical (unpaired) electrons. The summed E-state index contributed by atoms with van der Waals surface area (Å²) in [5.74, 6) is 2.11. The first kappa shape index (κ1) is 15.2. The fourth-order valence-electron chi connectivity index (χ4n) is 3.14. The molecule has 2 fully saturated rings. The minimum Gasteiger partial charge on any atom is -0.493 e. The van der Waals surface area contributed by atoms with E-state index >= 15 is 0 Å². The summed E-state index contributed by atoms with van der Waals surface area (Å²) >= 11 is 0. The number of nitrogens with zero attached hydrogens (tertiary/aromatic N) is 1. The molecule has 1 aromatic rings. The largest absolute Gasteiger partial charge is 0.493 e. The van der Waals surface area contributed by atoms with E-state index in [1.807, 2.05) is 18.2 Å². The third-order valence-corrected chi connectivity index (χ3v) is 4.91. The van der Waals surface area contributed by atoms with Crippen LogP contribution in [-0.2, 0) is 5.41 Å². The molecule has 0 heterocycles. The second-order valence-corrected chi connectivity index (χ2v) is 6.55. The topological polar surface area (TPSA) is 62.5 Å². The Balaban J connectivity index is 1.85. The van der Waals surface area contributed by atoms with Crippen LogP contribution in [0.5, 0.6) is 11.5 Å². The molecule has 2 aliphatic carbocycles. The normalized spacial score (nSPS) is 28.0. The average Bonchev–Trinajstić information content (AvgIpc) is 3.38. The van der Waals surface area contributed by atoms with E-state index in [2.05, 4.69) is 6.07 Å². The molecular weight excluding hydrogens is 278 g/mol. The predicted octanol–water partition coefficient (Wildman–Crippen LogP) is 3.18. The number of aliphatic hydroxyl groups excluding tert-OH is 1. The van der Waals surface area contributed by atoms with Gasteiger partial charge >= 0.3 is 0 Å². The van der Waals surface area contributed by atoms with Gasteiger partial charge in [0.15, 0.2) is 11.5 Å². The summed E-state index contributed by atoms with van der Waals surface area (Å²) in [6.07, 6.45) is 4.95. The van der Waals surface area contributed by atoms with E-state index < -0.39 is 5.41 Å². The van der Waals surface area contributed by atoms with Gasteiger partial charge < -0.3 is 14.6 Å². The lowest BCUT2D eigenvalue weighted by Gasteiger charge is -2.33. The summed E-state index contributed by atoms with van der Waals surface area (Å²) in [4.78, 5) is 0. The van der Waals surface area contributed by atoms with E-state index in [-0.39, 0.29) is 6.10 Å². The quantitative estimate of drug-likeness (QED) is 0.907. The molecule has 0 aromatic heterocycles. The van der Waals surface area contributed by atoms with Gasteiger partial charge in [0.05, 0.1) is 31.3 Å². The minimum absolute atomic E-state index is 0.273. The zero-order valence-corrected chi connectivity index (χ0v) is 13.0. The van der Waals surface area contributed by atoms with Crippen molar-refractivity contribution >= 4 is 0 Å². The molecular formula is C18H23NO3. The van der Waals surface area contributed by atoms with Crippen molar-refractivity contribution in [2.75, 3.05) is 13.7 Å². The first-order chi connectivity index (χ1) is 10.7. The first-order valence-corrected chi connectivity index (χ1v) is 8.07. The summed E-state index contributed by atoms with van der Waals surface area (Å²) in [5.41, 5.74) is 0.469. The highest BCUT2D eigenvalue weighted by Gasteiger charge is 2.37. The maximum atomic E-state index is 9.72. The van der Waals surface area contributed by atoms with Crippen LogP contribution in [0.25, 0.3) is 0 Å². The van der Waals surface area contributed by atoms with E-state index in [0.29, 0.717) is 37.4 Å². The van der Waals surface area contributed by atoms with Crippen molar-refractivity contribution in [3.63, 3.8) is 0 Å². The van der Waals surface area contributed by atoms with Gasteiger partial charge in [0, 0.05) is 0 Å². The highest BCUT2D eigenvalue weighted by atomic mass is 16.5. The van der Waals surface area contributed by atoms with E-state index in [1.165, 1.54) is 12.8 Å². The van der Waals surface area contributed by atoms with Gasteiger partial charge in [-0.1, -0.05) is 6.07 Å². The van der Waals surface area contributed by atoms with E-state index in [9.17, 15) is 10.4 Å². The molecule has 118 valence electrons. The van der Waals surface area contributed by atoms with Gasteiger partial charge in [-0.05, 0) is 62.1 Å². The maximum Gasteiger partial charge on any atom is 0.161 e. The van der Waals surface area contributed by atoms with Crippen LogP contribution in [0, 0.1) is 17.2 Å². The number of benzene rings is 1. The van der Waals surface area contributed by atoms with Gasteiger partial charge in [0.25, 0.3) is 0 Å². The minimum atomic E-state index is -0.511. The van der Waals surface area contributed by atoms with Gasteiger partial charge in [0.2, 0.25) is 0 Å². The summed E-state index contributed by atoms with van der Waals surface area (Å²) in [5, 5.41) is 19.4. The van der Waals surface area contributed by atoms with Crippen LogP contribution >= 0.6 is 0 Å². The van der Waals surface area contributed by atoms with E-state index in [1.54, 1.807) is 7.11 Å². The van der Waals surface area contributed by atoms with Gasteiger partial charge in [-0.2, -0.15) is 5.26 Å². The summed E-state index contributed by atoms with van der Waals surface area (Å²) in [7, 11) is 1.63. The lowest BCUT2D eigenvalue weighted by atomic mass is 9.70. The highest BCUT2D eigenvalue weighted by Crippen LogP contribution is 2.42.